The number of ether oxygens (including phenoxy) is 2. The number of unbranched alkanes of at least 4 members (excludes halogenated alkanes) is 2. The molecule has 1 amide bonds. The molecule has 0 aliphatic carbocycles. The van der Waals surface area contributed by atoms with Crippen molar-refractivity contribution in [3.05, 3.63) is 0 Å². The molecule has 0 saturated carbocycles. The van der Waals surface area contributed by atoms with Gasteiger partial charge in [-0.05, 0) is 46.5 Å². The zero-order valence-corrected chi connectivity index (χ0v) is 18.7. The Hall–Kier alpha value is -1.99. The molecule has 0 spiro atoms. The number of amides is 1. The van der Waals surface area contributed by atoms with Gasteiger partial charge >= 0.3 is 12.1 Å². The Kier molecular flexibility index (Phi) is 12.3. The number of aliphatic imine (C=N–C) groups is 1. The van der Waals surface area contributed by atoms with Crippen molar-refractivity contribution in [2.24, 2.45) is 4.99 Å². The first-order valence-electron chi connectivity index (χ1n) is 10.1. The topological polar surface area (TPSA) is 101 Å². The molecule has 0 aromatic rings. The van der Waals surface area contributed by atoms with E-state index in [0.717, 1.165) is 38.6 Å². The molecule has 3 N–H and O–H groups in total. The number of nitrogens with zero attached hydrogens (tertiary/aromatic N) is 1. The van der Waals surface area contributed by atoms with Crippen LogP contribution < -0.4 is 16.0 Å². The van der Waals surface area contributed by atoms with Crippen molar-refractivity contribution >= 4 is 18.0 Å². The van der Waals surface area contributed by atoms with E-state index in [1.54, 1.807) is 7.05 Å². The summed E-state index contributed by atoms with van der Waals surface area (Å²) in [5.41, 5.74) is -0.948. The van der Waals surface area contributed by atoms with Crippen molar-refractivity contribution in [1.82, 2.24) is 16.0 Å². The molecule has 0 rings (SSSR count). The molecule has 0 radical (unpaired) electrons. The zero-order chi connectivity index (χ0) is 21.6. The molecule has 0 saturated heterocycles. The van der Waals surface area contributed by atoms with Crippen molar-refractivity contribution in [3.63, 3.8) is 0 Å². The van der Waals surface area contributed by atoms with Crippen LogP contribution in [0.25, 0.3) is 0 Å². The van der Waals surface area contributed by atoms with Crippen LogP contribution in [0.1, 0.15) is 73.1 Å². The number of guanidine groups is 1. The summed E-state index contributed by atoms with van der Waals surface area (Å²) >= 11 is 0. The van der Waals surface area contributed by atoms with Gasteiger partial charge in [0.1, 0.15) is 5.60 Å². The van der Waals surface area contributed by atoms with Crippen molar-refractivity contribution < 1.29 is 19.1 Å². The van der Waals surface area contributed by atoms with Gasteiger partial charge in [0.15, 0.2) is 5.96 Å². The molecule has 0 aromatic carbocycles. The molecule has 8 nitrogen and oxygen atoms in total. The van der Waals surface area contributed by atoms with Crippen LogP contribution in [0.2, 0.25) is 0 Å². The number of rotatable bonds is 11. The standard InChI is InChI=1S/C20H40N4O4/c1-8-20(9-2,24-18(26)28-19(3,4)5)15-23-17(21-6)22-14-12-10-11-13-16(25)27-7/h8-15H2,1-7H3,(H,24,26)(H2,21,22,23). The molecule has 0 bridgehead atoms. The van der Waals surface area contributed by atoms with Gasteiger partial charge in [-0.2, -0.15) is 0 Å². The highest BCUT2D eigenvalue weighted by molar-refractivity contribution is 5.79. The third-order valence-corrected chi connectivity index (χ3v) is 4.52. The maximum atomic E-state index is 12.2. The molecular formula is C20H40N4O4. The summed E-state index contributed by atoms with van der Waals surface area (Å²) in [7, 11) is 3.12. The van der Waals surface area contributed by atoms with E-state index < -0.39 is 17.2 Å². The summed E-state index contributed by atoms with van der Waals surface area (Å²) in [5.74, 6) is 0.517. The summed E-state index contributed by atoms with van der Waals surface area (Å²) in [6, 6.07) is 0. The minimum Gasteiger partial charge on any atom is -0.469 e. The molecule has 0 heterocycles. The molecule has 0 fully saturated rings. The van der Waals surface area contributed by atoms with Gasteiger partial charge in [-0.25, -0.2) is 4.79 Å². The van der Waals surface area contributed by atoms with Crippen LogP contribution in [-0.2, 0) is 14.3 Å². The summed E-state index contributed by atoms with van der Waals surface area (Å²) < 4.78 is 10.0. The SMILES string of the molecule is CCC(CC)(CNC(=NC)NCCCCCC(=O)OC)NC(=O)OC(C)(C)C. The Morgan fingerprint density at radius 3 is 2.14 bits per heavy atom. The Morgan fingerprint density at radius 2 is 1.64 bits per heavy atom. The van der Waals surface area contributed by atoms with Crippen molar-refractivity contribution in [1.29, 1.82) is 0 Å². The van der Waals surface area contributed by atoms with Crippen LogP contribution in [0.4, 0.5) is 4.79 Å². The van der Waals surface area contributed by atoms with Crippen molar-refractivity contribution in [2.75, 3.05) is 27.2 Å². The van der Waals surface area contributed by atoms with Gasteiger partial charge in [0.25, 0.3) is 0 Å². The summed E-state index contributed by atoms with van der Waals surface area (Å²) in [5, 5.41) is 9.57. The van der Waals surface area contributed by atoms with Crippen molar-refractivity contribution in [3.8, 4) is 0 Å². The Bertz CT molecular complexity index is 497. The second-order valence-electron chi connectivity index (χ2n) is 7.85. The van der Waals surface area contributed by atoms with Crippen LogP contribution in [0, 0.1) is 0 Å². The smallest absolute Gasteiger partial charge is 0.408 e. The molecule has 0 atom stereocenters. The summed E-state index contributed by atoms with van der Waals surface area (Å²) in [6.45, 7) is 10.9. The first-order valence-corrected chi connectivity index (χ1v) is 10.1. The predicted molar refractivity (Wildman–Crippen MR) is 113 cm³/mol. The average molecular weight is 401 g/mol. The maximum absolute atomic E-state index is 12.2. The molecule has 164 valence electrons. The molecule has 0 aromatic heterocycles. The third-order valence-electron chi connectivity index (χ3n) is 4.52. The van der Waals surface area contributed by atoms with E-state index in [1.807, 2.05) is 34.6 Å². The highest BCUT2D eigenvalue weighted by Gasteiger charge is 2.30. The molecule has 28 heavy (non-hydrogen) atoms. The normalized spacial score (nSPS) is 12.3. The monoisotopic (exact) mass is 400 g/mol. The number of alkyl carbamates (subject to hydrolysis) is 1. The fraction of sp³-hybridized carbons (Fsp3) is 0.850. The molecule has 8 heteroatoms. The molecule has 0 aliphatic heterocycles. The lowest BCUT2D eigenvalue weighted by molar-refractivity contribution is -0.140. The van der Waals surface area contributed by atoms with Gasteiger partial charge in [0.2, 0.25) is 0 Å². The quantitative estimate of drug-likeness (QED) is 0.213. The lowest BCUT2D eigenvalue weighted by atomic mass is 9.93. The van der Waals surface area contributed by atoms with E-state index in [-0.39, 0.29) is 5.97 Å². The fourth-order valence-corrected chi connectivity index (χ4v) is 2.59. The Balaban J connectivity index is 4.42. The van der Waals surface area contributed by atoms with Gasteiger partial charge in [0.05, 0.1) is 12.6 Å². The number of carbonyl (C=O) groups excluding carboxylic acids is 2. The van der Waals surface area contributed by atoms with Crippen LogP contribution in [0.3, 0.4) is 0 Å². The minimum atomic E-state index is -0.532. The van der Waals surface area contributed by atoms with Gasteiger partial charge in [-0.3, -0.25) is 9.79 Å². The number of nitrogens with one attached hydrogen (secondary N) is 3. The molecule has 0 aliphatic rings. The van der Waals surface area contributed by atoms with Crippen LogP contribution >= 0.6 is 0 Å². The Labute approximate surface area is 170 Å². The first-order chi connectivity index (χ1) is 13.1. The van der Waals surface area contributed by atoms with Gasteiger partial charge in [-0.15, -0.1) is 0 Å². The number of esters is 1. The third kappa shape index (κ3) is 11.7. The highest BCUT2D eigenvalue weighted by Crippen LogP contribution is 2.16. The fourth-order valence-electron chi connectivity index (χ4n) is 2.59. The van der Waals surface area contributed by atoms with E-state index in [1.165, 1.54) is 7.11 Å². The van der Waals surface area contributed by atoms with E-state index in [9.17, 15) is 9.59 Å². The highest BCUT2D eigenvalue weighted by atomic mass is 16.6. The number of hydrogen-bond donors (Lipinski definition) is 3. The minimum absolute atomic E-state index is 0.168. The van der Waals surface area contributed by atoms with E-state index in [4.69, 9.17) is 4.74 Å². The van der Waals surface area contributed by atoms with Crippen LogP contribution in [0.5, 0.6) is 0 Å². The largest absolute Gasteiger partial charge is 0.469 e. The summed E-state index contributed by atoms with van der Waals surface area (Å²) in [4.78, 5) is 27.5. The lowest BCUT2D eigenvalue weighted by Crippen LogP contribution is -2.57. The van der Waals surface area contributed by atoms with Crippen LogP contribution in [0.15, 0.2) is 4.99 Å². The predicted octanol–water partition coefficient (Wildman–Crippen LogP) is 2.97. The average Bonchev–Trinajstić information content (AvgIpc) is 2.63. The van der Waals surface area contributed by atoms with Crippen molar-refractivity contribution in [2.45, 2.75) is 84.3 Å². The molecular weight excluding hydrogens is 360 g/mol. The van der Waals surface area contributed by atoms with E-state index in [2.05, 4.69) is 25.7 Å². The maximum Gasteiger partial charge on any atom is 0.408 e. The second kappa shape index (κ2) is 13.2. The van der Waals surface area contributed by atoms with Gasteiger partial charge in [0, 0.05) is 26.6 Å². The number of carbonyl (C=O) groups is 2. The van der Waals surface area contributed by atoms with E-state index in [0.29, 0.717) is 18.9 Å². The Morgan fingerprint density at radius 1 is 1.00 bits per heavy atom. The molecule has 0 unspecified atom stereocenters. The number of hydrogen-bond acceptors (Lipinski definition) is 5. The first kappa shape index (κ1) is 26.0. The van der Waals surface area contributed by atoms with Crippen LogP contribution in [-0.4, -0.2) is 56.4 Å². The van der Waals surface area contributed by atoms with E-state index >= 15 is 0 Å². The zero-order valence-electron chi connectivity index (χ0n) is 18.7. The van der Waals surface area contributed by atoms with Gasteiger partial charge < -0.3 is 25.4 Å². The van der Waals surface area contributed by atoms with Gasteiger partial charge in [-0.1, -0.05) is 20.3 Å². The lowest BCUT2D eigenvalue weighted by Gasteiger charge is -2.34. The second-order valence-corrected chi connectivity index (χ2v) is 7.85. The summed E-state index contributed by atoms with van der Waals surface area (Å²) in [6.07, 6.45) is 4.25. The number of methoxy groups -OCH3 is 1.